The van der Waals surface area contributed by atoms with Crippen LogP contribution in [-0.2, 0) is 4.79 Å². The van der Waals surface area contributed by atoms with Crippen LogP contribution in [0.3, 0.4) is 0 Å². The Morgan fingerprint density at radius 2 is 2.00 bits per heavy atom. The monoisotopic (exact) mass is 291 g/mol. The van der Waals surface area contributed by atoms with Gasteiger partial charge in [-0.2, -0.15) is 0 Å². The molecule has 114 valence electrons. The molecule has 2 fully saturated rings. The molecule has 2 saturated heterocycles. The summed E-state index contributed by atoms with van der Waals surface area (Å²) >= 11 is 0. The van der Waals surface area contributed by atoms with Gasteiger partial charge < -0.3 is 19.9 Å². The topological polar surface area (TPSA) is 74.6 Å². The second-order valence-electron chi connectivity index (χ2n) is 5.78. The van der Waals surface area contributed by atoms with Crippen LogP contribution in [0.5, 0.6) is 0 Å². The molecule has 3 rings (SSSR count). The van der Waals surface area contributed by atoms with E-state index in [4.69, 9.17) is 0 Å². The summed E-state index contributed by atoms with van der Waals surface area (Å²) in [5.74, 6) is -1.05. The van der Waals surface area contributed by atoms with E-state index < -0.39 is 12.0 Å². The summed E-state index contributed by atoms with van der Waals surface area (Å²) in [6, 6.07) is 3.34. The molecule has 1 aromatic heterocycles. The number of carboxylic acid groups (broad SMARTS) is 1. The number of piperidine rings is 1. The van der Waals surface area contributed by atoms with E-state index in [1.807, 2.05) is 22.9 Å². The van der Waals surface area contributed by atoms with Crippen LogP contribution in [0.1, 0.15) is 42.2 Å². The summed E-state index contributed by atoms with van der Waals surface area (Å²) in [6.45, 7) is 2.45. The number of carbonyl (C=O) groups excluding carboxylic acids is 1. The van der Waals surface area contributed by atoms with Gasteiger partial charge in [0.15, 0.2) is 0 Å². The first kappa shape index (κ1) is 14.1. The molecular weight excluding hydrogens is 270 g/mol. The van der Waals surface area contributed by atoms with E-state index in [-0.39, 0.29) is 5.91 Å². The van der Waals surface area contributed by atoms with E-state index in [0.717, 1.165) is 32.4 Å². The van der Waals surface area contributed by atoms with E-state index in [0.29, 0.717) is 24.7 Å². The fraction of sp³-hybridized carbons (Fsp3) is 0.600. The molecule has 3 heterocycles. The average molecular weight is 291 g/mol. The van der Waals surface area contributed by atoms with Gasteiger partial charge in [-0.05, 0) is 50.9 Å². The summed E-state index contributed by atoms with van der Waals surface area (Å²) < 4.78 is 2.03. The second-order valence-corrected chi connectivity index (χ2v) is 5.78. The lowest BCUT2D eigenvalue weighted by Gasteiger charge is -2.28. The molecule has 0 spiro atoms. The third-order valence-corrected chi connectivity index (χ3v) is 4.50. The van der Waals surface area contributed by atoms with Crippen molar-refractivity contribution >= 4 is 11.9 Å². The summed E-state index contributed by atoms with van der Waals surface area (Å²) in [4.78, 5) is 25.5. The van der Waals surface area contributed by atoms with Crippen molar-refractivity contribution in [2.75, 3.05) is 19.6 Å². The third-order valence-electron chi connectivity index (χ3n) is 4.50. The van der Waals surface area contributed by atoms with Crippen molar-refractivity contribution < 1.29 is 14.7 Å². The number of hydrogen-bond acceptors (Lipinski definition) is 3. The summed E-state index contributed by atoms with van der Waals surface area (Å²) in [7, 11) is 0. The van der Waals surface area contributed by atoms with Crippen LogP contribution >= 0.6 is 0 Å². The highest BCUT2D eigenvalue weighted by Crippen LogP contribution is 2.25. The van der Waals surface area contributed by atoms with E-state index in [9.17, 15) is 14.7 Å². The fourth-order valence-electron chi connectivity index (χ4n) is 3.39. The molecule has 2 N–H and O–H groups in total. The van der Waals surface area contributed by atoms with Crippen molar-refractivity contribution in [1.29, 1.82) is 0 Å². The van der Waals surface area contributed by atoms with Crippen LogP contribution < -0.4 is 5.32 Å². The number of nitrogens with zero attached hydrogens (tertiary/aromatic N) is 2. The molecular formula is C15H21N3O3. The van der Waals surface area contributed by atoms with Crippen LogP contribution in [-0.4, -0.2) is 52.1 Å². The zero-order chi connectivity index (χ0) is 14.8. The van der Waals surface area contributed by atoms with Gasteiger partial charge in [0.25, 0.3) is 5.91 Å². The number of carboxylic acids is 1. The number of hydrogen-bond donors (Lipinski definition) is 2. The van der Waals surface area contributed by atoms with E-state index in [1.165, 1.54) is 4.90 Å². The predicted molar refractivity (Wildman–Crippen MR) is 77.3 cm³/mol. The van der Waals surface area contributed by atoms with Gasteiger partial charge in [0.1, 0.15) is 11.7 Å². The van der Waals surface area contributed by atoms with E-state index in [1.54, 1.807) is 0 Å². The van der Waals surface area contributed by atoms with Crippen LogP contribution in [0.15, 0.2) is 18.3 Å². The van der Waals surface area contributed by atoms with Gasteiger partial charge in [-0.15, -0.1) is 0 Å². The molecule has 2 aliphatic heterocycles. The van der Waals surface area contributed by atoms with Crippen LogP contribution in [0, 0.1) is 0 Å². The lowest BCUT2D eigenvalue weighted by Crippen LogP contribution is -2.41. The molecule has 0 bridgehead atoms. The zero-order valence-corrected chi connectivity index (χ0v) is 12.0. The number of aliphatic carboxylic acids is 1. The highest BCUT2D eigenvalue weighted by atomic mass is 16.4. The van der Waals surface area contributed by atoms with Crippen LogP contribution in [0.2, 0.25) is 0 Å². The van der Waals surface area contributed by atoms with Gasteiger partial charge in [-0.1, -0.05) is 0 Å². The predicted octanol–water partition coefficient (Wildman–Crippen LogP) is 1.10. The lowest BCUT2D eigenvalue weighted by atomic mass is 10.1. The highest BCUT2D eigenvalue weighted by Gasteiger charge is 2.35. The Balaban J connectivity index is 1.82. The second kappa shape index (κ2) is 5.89. The van der Waals surface area contributed by atoms with E-state index >= 15 is 0 Å². The maximum Gasteiger partial charge on any atom is 0.326 e. The molecule has 1 aromatic rings. The number of nitrogens with one attached hydrogen (secondary N) is 1. The van der Waals surface area contributed by atoms with Crippen molar-refractivity contribution in [3.63, 3.8) is 0 Å². The third kappa shape index (κ3) is 2.68. The van der Waals surface area contributed by atoms with Gasteiger partial charge in [-0.3, -0.25) is 4.79 Å². The van der Waals surface area contributed by atoms with Gasteiger partial charge in [-0.25, -0.2) is 4.79 Å². The normalized spacial score (nSPS) is 23.4. The van der Waals surface area contributed by atoms with Crippen LogP contribution in [0.4, 0.5) is 0 Å². The SMILES string of the molecule is O=C(O)C1CCCN1C(=O)c1cccn1C1CCNCC1. The standard InChI is InChI=1S/C15H21N3O3/c19-14(18-10-2-4-13(18)15(20)21)12-3-1-9-17(12)11-5-7-16-8-6-11/h1,3,9,11,13,16H,2,4-8,10H2,(H,20,21). The summed E-state index contributed by atoms with van der Waals surface area (Å²) in [5.41, 5.74) is 0.620. The minimum atomic E-state index is -0.902. The fourth-order valence-corrected chi connectivity index (χ4v) is 3.39. The van der Waals surface area contributed by atoms with Crippen molar-refractivity contribution in [1.82, 2.24) is 14.8 Å². The molecule has 6 nitrogen and oxygen atoms in total. The minimum Gasteiger partial charge on any atom is -0.480 e. The Hall–Kier alpha value is -1.82. The van der Waals surface area contributed by atoms with Gasteiger partial charge >= 0.3 is 5.97 Å². The maximum atomic E-state index is 12.7. The van der Waals surface area contributed by atoms with Gasteiger partial charge in [0.05, 0.1) is 0 Å². The molecule has 0 aromatic carbocycles. The highest BCUT2D eigenvalue weighted by molar-refractivity contribution is 5.95. The molecule has 0 saturated carbocycles. The van der Waals surface area contributed by atoms with E-state index in [2.05, 4.69) is 5.32 Å². The molecule has 1 amide bonds. The largest absolute Gasteiger partial charge is 0.480 e. The average Bonchev–Trinajstić information content (AvgIpc) is 3.16. The zero-order valence-electron chi connectivity index (χ0n) is 12.0. The Morgan fingerprint density at radius 3 is 2.71 bits per heavy atom. The molecule has 0 radical (unpaired) electrons. The number of amides is 1. The Bertz CT molecular complexity index is 534. The smallest absolute Gasteiger partial charge is 0.326 e. The van der Waals surface area contributed by atoms with Crippen molar-refractivity contribution in [2.24, 2.45) is 0 Å². The maximum absolute atomic E-state index is 12.7. The summed E-state index contributed by atoms with van der Waals surface area (Å²) in [6.07, 6.45) is 5.25. The van der Waals surface area contributed by atoms with Crippen LogP contribution in [0.25, 0.3) is 0 Å². The first-order valence-electron chi connectivity index (χ1n) is 7.60. The lowest BCUT2D eigenvalue weighted by molar-refractivity contribution is -0.141. The number of rotatable bonds is 3. The molecule has 6 heteroatoms. The number of likely N-dealkylation sites (tertiary alicyclic amines) is 1. The van der Waals surface area contributed by atoms with Crippen molar-refractivity contribution in [3.05, 3.63) is 24.0 Å². The van der Waals surface area contributed by atoms with Gasteiger partial charge in [0.2, 0.25) is 0 Å². The number of aromatic nitrogens is 1. The molecule has 1 unspecified atom stereocenters. The van der Waals surface area contributed by atoms with Crippen molar-refractivity contribution in [3.8, 4) is 0 Å². The Kier molecular flexibility index (Phi) is 3.96. The molecule has 21 heavy (non-hydrogen) atoms. The first-order chi connectivity index (χ1) is 10.2. The summed E-state index contributed by atoms with van der Waals surface area (Å²) in [5, 5.41) is 12.6. The first-order valence-corrected chi connectivity index (χ1v) is 7.60. The molecule has 1 atom stereocenters. The number of carbonyl (C=O) groups is 2. The quantitative estimate of drug-likeness (QED) is 0.874. The minimum absolute atomic E-state index is 0.150. The van der Waals surface area contributed by atoms with Gasteiger partial charge in [0, 0.05) is 18.8 Å². The molecule has 2 aliphatic rings. The molecule has 0 aliphatic carbocycles. The Morgan fingerprint density at radius 1 is 1.24 bits per heavy atom. The van der Waals surface area contributed by atoms with Crippen molar-refractivity contribution in [2.45, 2.75) is 37.8 Å². The Labute approximate surface area is 123 Å².